The normalized spacial score (nSPS) is 14.2. The molecule has 1 heteroatoms. The van der Waals surface area contributed by atoms with Gasteiger partial charge in [-0.15, -0.1) is 0 Å². The number of hydrogen-bond acceptors (Lipinski definition) is 1. The fraction of sp³-hybridized carbons (Fsp3) is 0.0625. The lowest BCUT2D eigenvalue weighted by atomic mass is 9.65. The molecule has 0 saturated carbocycles. The van der Waals surface area contributed by atoms with Crippen molar-refractivity contribution in [2.75, 3.05) is 0 Å². The van der Waals surface area contributed by atoms with Crippen LogP contribution in [-0.4, -0.2) is 0 Å². The molecule has 0 fully saturated rings. The van der Waals surface area contributed by atoms with Gasteiger partial charge in [0.2, 0.25) is 0 Å². The van der Waals surface area contributed by atoms with E-state index in [1.807, 2.05) is 0 Å². The Balaban J connectivity index is 1.72. The third kappa shape index (κ3) is 2.27. The molecule has 0 saturated heterocycles. The second-order valence-corrected chi connectivity index (χ2v) is 9.10. The number of benzene rings is 5. The Morgan fingerprint density at radius 3 is 1.88 bits per heavy atom. The van der Waals surface area contributed by atoms with Crippen LogP contribution in [0, 0.1) is 0 Å². The van der Waals surface area contributed by atoms with Gasteiger partial charge < -0.3 is 4.74 Å². The molecule has 0 unspecified atom stereocenters. The van der Waals surface area contributed by atoms with Gasteiger partial charge in [0, 0.05) is 16.7 Å². The van der Waals surface area contributed by atoms with E-state index in [-0.39, 0.29) is 0 Å². The van der Waals surface area contributed by atoms with Gasteiger partial charge in [-0.1, -0.05) is 97.6 Å². The maximum absolute atomic E-state index is 6.73. The first-order valence-electron chi connectivity index (χ1n) is 11.4. The van der Waals surface area contributed by atoms with Crippen molar-refractivity contribution < 1.29 is 4.74 Å². The van der Waals surface area contributed by atoms with E-state index in [9.17, 15) is 0 Å². The maximum atomic E-state index is 6.73. The second-order valence-electron chi connectivity index (χ2n) is 9.10. The quantitative estimate of drug-likeness (QED) is 0.258. The highest BCUT2D eigenvalue weighted by Gasteiger charge is 2.51. The van der Waals surface area contributed by atoms with Crippen molar-refractivity contribution in [2.24, 2.45) is 0 Å². The third-order valence-electron chi connectivity index (χ3n) is 7.30. The average molecular weight is 423 g/mol. The number of allylic oxidation sites excluding steroid dienone is 1. The van der Waals surface area contributed by atoms with E-state index in [0.29, 0.717) is 0 Å². The Hall–Kier alpha value is -4.10. The van der Waals surface area contributed by atoms with Crippen LogP contribution in [0.3, 0.4) is 0 Å². The zero-order chi connectivity index (χ0) is 22.2. The lowest BCUT2D eigenvalue weighted by Crippen LogP contribution is -2.32. The highest BCUT2D eigenvalue weighted by atomic mass is 16.5. The molecule has 0 amide bonds. The molecule has 1 aliphatic carbocycles. The fourth-order valence-electron chi connectivity index (χ4n) is 5.95. The topological polar surface area (TPSA) is 9.23 Å². The number of para-hydroxylation sites is 1. The van der Waals surface area contributed by atoms with Crippen LogP contribution in [0.15, 0.2) is 110 Å². The van der Waals surface area contributed by atoms with Crippen LogP contribution in [0.2, 0.25) is 0 Å². The summed E-state index contributed by atoms with van der Waals surface area (Å²) in [5.41, 5.74) is 9.22. The Morgan fingerprint density at radius 2 is 1.21 bits per heavy atom. The largest absolute Gasteiger partial charge is 0.456 e. The van der Waals surface area contributed by atoms with Crippen LogP contribution in [0.1, 0.15) is 34.7 Å². The molecule has 0 radical (unpaired) electrons. The standard InChI is InChI=1S/C32H22O/c1-20(2)23-14-9-17-28-31(23)33-30-19-22-11-4-3-10-21(22)18-29(30)32(28)26-15-7-5-12-24(26)25-13-6-8-16-27(25)32/h3-19H,1H2,2H3. The van der Waals surface area contributed by atoms with E-state index in [0.717, 1.165) is 22.6 Å². The molecule has 1 aliphatic heterocycles. The molecule has 0 aromatic heterocycles. The fourth-order valence-corrected chi connectivity index (χ4v) is 5.95. The molecular weight excluding hydrogens is 400 g/mol. The molecule has 2 aliphatic rings. The molecule has 1 spiro atoms. The molecule has 0 atom stereocenters. The predicted octanol–water partition coefficient (Wildman–Crippen LogP) is 8.34. The lowest BCUT2D eigenvalue weighted by molar-refractivity contribution is 0.436. The van der Waals surface area contributed by atoms with Crippen molar-refractivity contribution in [3.8, 4) is 22.6 Å². The van der Waals surface area contributed by atoms with Crippen LogP contribution >= 0.6 is 0 Å². The molecule has 156 valence electrons. The third-order valence-corrected chi connectivity index (χ3v) is 7.30. The molecule has 5 aromatic rings. The summed E-state index contributed by atoms with van der Waals surface area (Å²) in [4.78, 5) is 0. The molecule has 0 N–H and O–H groups in total. The first kappa shape index (κ1) is 18.5. The molecule has 1 nitrogen and oxygen atoms in total. The van der Waals surface area contributed by atoms with Gasteiger partial charge in [-0.25, -0.2) is 0 Å². The lowest BCUT2D eigenvalue weighted by Gasteiger charge is -2.40. The summed E-state index contributed by atoms with van der Waals surface area (Å²) in [6, 6.07) is 37.2. The van der Waals surface area contributed by atoms with Crippen LogP contribution in [0.5, 0.6) is 11.5 Å². The summed E-state index contributed by atoms with van der Waals surface area (Å²) in [6.07, 6.45) is 0. The van der Waals surface area contributed by atoms with Crippen LogP contribution in [-0.2, 0) is 5.41 Å². The number of hydrogen-bond donors (Lipinski definition) is 0. The van der Waals surface area contributed by atoms with Crippen molar-refractivity contribution in [3.63, 3.8) is 0 Å². The van der Waals surface area contributed by atoms with Gasteiger partial charge in [0.15, 0.2) is 0 Å². The van der Waals surface area contributed by atoms with E-state index in [2.05, 4.69) is 117 Å². The zero-order valence-corrected chi connectivity index (χ0v) is 18.4. The SMILES string of the molecule is C=C(C)c1cccc2c1Oc1cc3ccccc3cc1C21c2ccccc2-c2ccccc21. The van der Waals surface area contributed by atoms with Gasteiger partial charge in [0.1, 0.15) is 11.5 Å². The smallest absolute Gasteiger partial charge is 0.139 e. The first-order chi connectivity index (χ1) is 16.2. The molecule has 7 rings (SSSR count). The Morgan fingerprint density at radius 1 is 0.636 bits per heavy atom. The van der Waals surface area contributed by atoms with Crippen molar-refractivity contribution in [3.05, 3.63) is 138 Å². The minimum Gasteiger partial charge on any atom is -0.456 e. The minimum atomic E-state index is -0.439. The van der Waals surface area contributed by atoms with E-state index < -0.39 is 5.41 Å². The zero-order valence-electron chi connectivity index (χ0n) is 18.4. The monoisotopic (exact) mass is 422 g/mol. The minimum absolute atomic E-state index is 0.439. The molecular formula is C32H22O. The van der Waals surface area contributed by atoms with Crippen molar-refractivity contribution in [2.45, 2.75) is 12.3 Å². The Labute approximate surface area is 193 Å². The van der Waals surface area contributed by atoms with Gasteiger partial charge in [-0.05, 0) is 57.7 Å². The van der Waals surface area contributed by atoms with E-state index in [4.69, 9.17) is 4.74 Å². The van der Waals surface area contributed by atoms with Crippen molar-refractivity contribution >= 4 is 16.3 Å². The van der Waals surface area contributed by atoms with E-state index >= 15 is 0 Å². The van der Waals surface area contributed by atoms with Crippen molar-refractivity contribution in [1.29, 1.82) is 0 Å². The summed E-state index contributed by atoms with van der Waals surface area (Å²) in [7, 11) is 0. The van der Waals surface area contributed by atoms with Gasteiger partial charge in [-0.3, -0.25) is 0 Å². The summed E-state index contributed by atoms with van der Waals surface area (Å²) >= 11 is 0. The molecule has 33 heavy (non-hydrogen) atoms. The number of ether oxygens (including phenoxy) is 1. The van der Waals surface area contributed by atoms with Gasteiger partial charge in [0.25, 0.3) is 0 Å². The van der Waals surface area contributed by atoms with Crippen LogP contribution in [0.4, 0.5) is 0 Å². The summed E-state index contributed by atoms with van der Waals surface area (Å²) < 4.78 is 6.73. The highest BCUT2D eigenvalue weighted by molar-refractivity contribution is 5.93. The van der Waals surface area contributed by atoms with E-state index in [1.54, 1.807) is 0 Å². The van der Waals surface area contributed by atoms with Crippen LogP contribution < -0.4 is 4.74 Å². The Bertz CT molecular complexity index is 1580. The molecule has 1 heterocycles. The average Bonchev–Trinajstić information content (AvgIpc) is 3.14. The highest BCUT2D eigenvalue weighted by Crippen LogP contribution is 2.63. The summed E-state index contributed by atoms with van der Waals surface area (Å²) in [5, 5.41) is 2.41. The second kappa shape index (κ2) is 6.46. The molecule has 0 bridgehead atoms. The number of fused-ring (bicyclic) bond motifs is 10. The summed E-state index contributed by atoms with van der Waals surface area (Å²) in [5.74, 6) is 1.83. The maximum Gasteiger partial charge on any atom is 0.139 e. The van der Waals surface area contributed by atoms with Crippen LogP contribution in [0.25, 0.3) is 27.5 Å². The van der Waals surface area contributed by atoms with Gasteiger partial charge in [0.05, 0.1) is 5.41 Å². The number of rotatable bonds is 1. The first-order valence-corrected chi connectivity index (χ1v) is 11.4. The Kier molecular flexibility index (Phi) is 3.62. The molecule has 5 aromatic carbocycles. The summed E-state index contributed by atoms with van der Waals surface area (Å²) in [6.45, 7) is 6.32. The predicted molar refractivity (Wildman–Crippen MR) is 136 cm³/mol. The van der Waals surface area contributed by atoms with Gasteiger partial charge in [-0.2, -0.15) is 0 Å². The van der Waals surface area contributed by atoms with Gasteiger partial charge >= 0.3 is 0 Å². The van der Waals surface area contributed by atoms with Crippen molar-refractivity contribution in [1.82, 2.24) is 0 Å². The van der Waals surface area contributed by atoms with E-state index in [1.165, 1.54) is 44.2 Å².